The van der Waals surface area contributed by atoms with E-state index in [4.69, 9.17) is 4.42 Å². The first-order chi connectivity index (χ1) is 8.66. The molecule has 18 heavy (non-hydrogen) atoms. The van der Waals surface area contributed by atoms with Crippen molar-refractivity contribution in [2.45, 2.75) is 25.8 Å². The maximum absolute atomic E-state index is 11.3. The maximum Gasteiger partial charge on any atom is 0.326 e. The number of carbonyl (C=O) groups is 1. The van der Waals surface area contributed by atoms with E-state index in [1.54, 1.807) is 0 Å². The van der Waals surface area contributed by atoms with E-state index in [1.807, 2.05) is 36.1 Å². The number of nitrogens with zero attached hydrogens (tertiary/aromatic N) is 1. The fourth-order valence-corrected chi connectivity index (χ4v) is 2.73. The molecule has 1 unspecified atom stereocenters. The van der Waals surface area contributed by atoms with Crippen LogP contribution in [0.15, 0.2) is 28.7 Å². The summed E-state index contributed by atoms with van der Waals surface area (Å²) in [5.74, 6) is 0.105. The van der Waals surface area contributed by atoms with Gasteiger partial charge >= 0.3 is 5.97 Å². The highest BCUT2D eigenvalue weighted by Crippen LogP contribution is 2.33. The quantitative estimate of drug-likeness (QED) is 0.883. The third-order valence-corrected chi connectivity index (χ3v) is 3.51. The van der Waals surface area contributed by atoms with Gasteiger partial charge in [-0.2, -0.15) is 0 Å². The maximum atomic E-state index is 11.3. The summed E-state index contributed by atoms with van der Waals surface area (Å²) in [4.78, 5) is 13.2. The molecule has 0 aliphatic carbocycles. The van der Waals surface area contributed by atoms with Crippen LogP contribution in [0, 0.1) is 6.92 Å². The van der Waals surface area contributed by atoms with Crippen LogP contribution >= 0.6 is 0 Å². The van der Waals surface area contributed by atoms with E-state index in [-0.39, 0.29) is 0 Å². The molecule has 4 heteroatoms. The van der Waals surface area contributed by atoms with E-state index in [0.717, 1.165) is 35.4 Å². The molecule has 1 fully saturated rings. The molecule has 0 radical (unpaired) electrons. The van der Waals surface area contributed by atoms with Gasteiger partial charge in [0.1, 0.15) is 17.4 Å². The molecule has 2 heterocycles. The molecule has 1 saturated heterocycles. The Kier molecular flexibility index (Phi) is 2.51. The molecule has 0 amide bonds. The number of benzene rings is 1. The summed E-state index contributed by atoms with van der Waals surface area (Å²) in [5, 5.41) is 10.3. The molecular weight excluding hydrogens is 230 g/mol. The molecule has 1 aromatic heterocycles. The highest BCUT2D eigenvalue weighted by molar-refractivity contribution is 5.93. The average Bonchev–Trinajstić information content (AvgIpc) is 2.92. The van der Waals surface area contributed by atoms with E-state index in [1.165, 1.54) is 0 Å². The van der Waals surface area contributed by atoms with Crippen LogP contribution < -0.4 is 4.90 Å². The second kappa shape index (κ2) is 4.05. The molecule has 1 N–H and O–H groups in total. The molecule has 1 aliphatic heterocycles. The highest BCUT2D eigenvalue weighted by Gasteiger charge is 2.31. The third-order valence-electron chi connectivity index (χ3n) is 3.51. The van der Waals surface area contributed by atoms with Crippen molar-refractivity contribution >= 4 is 22.6 Å². The van der Waals surface area contributed by atoms with Crippen molar-refractivity contribution in [3.63, 3.8) is 0 Å². The topological polar surface area (TPSA) is 53.7 Å². The molecule has 0 bridgehead atoms. The van der Waals surface area contributed by atoms with Gasteiger partial charge in [0, 0.05) is 17.6 Å². The lowest BCUT2D eigenvalue weighted by atomic mass is 10.1. The Labute approximate surface area is 105 Å². The van der Waals surface area contributed by atoms with E-state index in [2.05, 4.69) is 0 Å². The Morgan fingerprint density at radius 1 is 1.50 bits per heavy atom. The molecule has 0 saturated carbocycles. The van der Waals surface area contributed by atoms with Gasteiger partial charge in [-0.15, -0.1) is 0 Å². The van der Waals surface area contributed by atoms with Crippen molar-refractivity contribution in [3.05, 3.63) is 30.0 Å². The summed E-state index contributed by atoms with van der Waals surface area (Å²) in [5.41, 5.74) is 1.79. The van der Waals surface area contributed by atoms with Gasteiger partial charge in [0.05, 0.1) is 0 Å². The number of carboxylic acid groups (broad SMARTS) is 1. The van der Waals surface area contributed by atoms with Crippen molar-refractivity contribution in [1.82, 2.24) is 0 Å². The molecule has 1 aliphatic rings. The Morgan fingerprint density at radius 2 is 2.33 bits per heavy atom. The normalized spacial score (nSPS) is 19.6. The first-order valence-corrected chi connectivity index (χ1v) is 6.15. The predicted molar refractivity (Wildman–Crippen MR) is 69.0 cm³/mol. The monoisotopic (exact) mass is 245 g/mol. The fraction of sp³-hybridized carbons (Fsp3) is 0.357. The van der Waals surface area contributed by atoms with E-state index < -0.39 is 12.0 Å². The van der Waals surface area contributed by atoms with Crippen molar-refractivity contribution in [2.75, 3.05) is 11.4 Å². The molecule has 94 valence electrons. The van der Waals surface area contributed by atoms with Gasteiger partial charge in [-0.3, -0.25) is 0 Å². The zero-order chi connectivity index (χ0) is 12.7. The highest BCUT2D eigenvalue weighted by atomic mass is 16.4. The van der Waals surface area contributed by atoms with Crippen molar-refractivity contribution in [2.24, 2.45) is 0 Å². The van der Waals surface area contributed by atoms with Crippen LogP contribution in [0.2, 0.25) is 0 Å². The second-order valence-corrected chi connectivity index (χ2v) is 4.74. The average molecular weight is 245 g/mol. The van der Waals surface area contributed by atoms with E-state index >= 15 is 0 Å². The van der Waals surface area contributed by atoms with Gasteiger partial charge < -0.3 is 14.4 Å². The Balaban J connectivity index is 2.11. The minimum atomic E-state index is -0.746. The number of anilines is 1. The van der Waals surface area contributed by atoms with Crippen molar-refractivity contribution in [1.29, 1.82) is 0 Å². The number of hydrogen-bond donors (Lipinski definition) is 1. The molecule has 2 aromatic rings. The zero-order valence-corrected chi connectivity index (χ0v) is 10.2. The number of aryl methyl sites for hydroxylation is 1. The third kappa shape index (κ3) is 1.65. The smallest absolute Gasteiger partial charge is 0.326 e. The summed E-state index contributed by atoms with van der Waals surface area (Å²) < 4.78 is 5.59. The van der Waals surface area contributed by atoms with Gasteiger partial charge in [-0.25, -0.2) is 4.79 Å². The molecule has 3 rings (SSSR count). The number of hydrogen-bond acceptors (Lipinski definition) is 3. The van der Waals surface area contributed by atoms with Gasteiger partial charge in [0.15, 0.2) is 0 Å². The largest absolute Gasteiger partial charge is 0.480 e. The van der Waals surface area contributed by atoms with Crippen LogP contribution in [0.4, 0.5) is 5.69 Å². The number of carboxylic acids is 1. The predicted octanol–water partition coefficient (Wildman–Crippen LogP) is 2.79. The molecule has 4 nitrogen and oxygen atoms in total. The van der Waals surface area contributed by atoms with Crippen LogP contribution in [0.25, 0.3) is 11.0 Å². The molecule has 1 atom stereocenters. The van der Waals surface area contributed by atoms with Crippen LogP contribution in [0.5, 0.6) is 0 Å². The van der Waals surface area contributed by atoms with Gasteiger partial charge in [-0.1, -0.05) is 6.07 Å². The van der Waals surface area contributed by atoms with Gasteiger partial charge in [-0.05, 0) is 38.0 Å². The first-order valence-electron chi connectivity index (χ1n) is 6.15. The lowest BCUT2D eigenvalue weighted by Crippen LogP contribution is -2.35. The van der Waals surface area contributed by atoms with Crippen molar-refractivity contribution in [3.8, 4) is 0 Å². The lowest BCUT2D eigenvalue weighted by molar-refractivity contribution is -0.138. The van der Waals surface area contributed by atoms with Gasteiger partial charge in [0.2, 0.25) is 0 Å². The fourth-order valence-electron chi connectivity index (χ4n) is 2.73. The SMILES string of the molecule is Cc1cc2c(N3CCCC3C(=O)O)cccc2o1. The van der Waals surface area contributed by atoms with Crippen molar-refractivity contribution < 1.29 is 14.3 Å². The molecule has 0 spiro atoms. The van der Waals surface area contributed by atoms with Gasteiger partial charge in [0.25, 0.3) is 0 Å². The summed E-state index contributed by atoms with van der Waals surface area (Å²) in [6.45, 7) is 2.70. The van der Waals surface area contributed by atoms with Crippen LogP contribution in [-0.2, 0) is 4.79 Å². The minimum absolute atomic E-state index is 0.411. The number of rotatable bonds is 2. The second-order valence-electron chi connectivity index (χ2n) is 4.74. The summed E-state index contributed by atoms with van der Waals surface area (Å²) >= 11 is 0. The number of furan rings is 1. The number of fused-ring (bicyclic) bond motifs is 1. The molecule has 1 aromatic carbocycles. The summed E-state index contributed by atoms with van der Waals surface area (Å²) in [7, 11) is 0. The van der Waals surface area contributed by atoms with Crippen LogP contribution in [0.3, 0.4) is 0 Å². The van der Waals surface area contributed by atoms with E-state index in [9.17, 15) is 9.90 Å². The Bertz CT molecular complexity index is 602. The standard InChI is InChI=1S/C14H15NO3/c1-9-8-10-11(4-2-6-13(10)18-9)15-7-3-5-12(15)14(16)17/h2,4,6,8,12H,3,5,7H2,1H3,(H,16,17). The van der Waals surface area contributed by atoms with Crippen LogP contribution in [0.1, 0.15) is 18.6 Å². The summed E-state index contributed by atoms with van der Waals surface area (Å²) in [6.07, 6.45) is 1.63. The Morgan fingerprint density at radius 3 is 3.11 bits per heavy atom. The summed E-state index contributed by atoms with van der Waals surface area (Å²) in [6, 6.07) is 7.36. The minimum Gasteiger partial charge on any atom is -0.480 e. The molecular formula is C14H15NO3. The number of aliphatic carboxylic acids is 1. The zero-order valence-electron chi connectivity index (χ0n) is 10.2. The van der Waals surface area contributed by atoms with E-state index in [0.29, 0.717) is 6.42 Å². The Hall–Kier alpha value is -1.97. The lowest BCUT2D eigenvalue weighted by Gasteiger charge is -2.24. The first kappa shape index (κ1) is 11.1. The van der Waals surface area contributed by atoms with Crippen LogP contribution in [-0.4, -0.2) is 23.7 Å².